The molecule has 0 bridgehead atoms. The van der Waals surface area contributed by atoms with E-state index in [1.807, 2.05) is 19.1 Å². The molecule has 0 atom stereocenters. The molecular formula is C10H13N. The van der Waals surface area contributed by atoms with Crippen LogP contribution in [0, 0.1) is 13.8 Å². The van der Waals surface area contributed by atoms with Gasteiger partial charge in [0.1, 0.15) is 0 Å². The lowest BCUT2D eigenvalue weighted by molar-refractivity contribution is 1.34. The molecule has 1 nitrogen and oxygen atoms in total. The first-order chi connectivity index (χ1) is 5.11. The highest BCUT2D eigenvalue weighted by Gasteiger charge is 1.97. The van der Waals surface area contributed by atoms with E-state index in [1.54, 1.807) is 0 Å². The molecule has 58 valence electrons. The second kappa shape index (κ2) is 2.79. The minimum absolute atomic E-state index is 0.641. The Morgan fingerprint density at radius 2 is 2.00 bits per heavy atom. The third-order valence-corrected chi connectivity index (χ3v) is 1.73. The topological polar surface area (TPSA) is 26.0 Å². The average Bonchev–Trinajstić information content (AvgIpc) is 1.85. The molecule has 0 saturated carbocycles. The fourth-order valence-electron chi connectivity index (χ4n) is 1.17. The maximum atomic E-state index is 5.57. The summed E-state index contributed by atoms with van der Waals surface area (Å²) in [4.78, 5) is 0. The number of hydrogen-bond acceptors (Lipinski definition) is 1. The monoisotopic (exact) mass is 147 g/mol. The Labute approximate surface area is 67.5 Å². The molecule has 0 aliphatic heterocycles. The first-order valence-electron chi connectivity index (χ1n) is 3.63. The molecule has 0 heterocycles. The molecule has 0 aliphatic rings. The second-order valence-electron chi connectivity index (χ2n) is 2.84. The van der Waals surface area contributed by atoms with Gasteiger partial charge in [-0.05, 0) is 25.0 Å². The van der Waals surface area contributed by atoms with Crippen LogP contribution in [-0.4, -0.2) is 0 Å². The summed E-state index contributed by atoms with van der Waals surface area (Å²) in [7, 11) is 0. The van der Waals surface area contributed by atoms with Crippen LogP contribution in [0.3, 0.4) is 0 Å². The summed E-state index contributed by atoms with van der Waals surface area (Å²) in [5, 5.41) is 0. The van der Waals surface area contributed by atoms with E-state index in [2.05, 4.69) is 19.6 Å². The first-order valence-corrected chi connectivity index (χ1v) is 3.63. The molecule has 1 aromatic rings. The fourth-order valence-corrected chi connectivity index (χ4v) is 1.17. The maximum Gasteiger partial charge on any atom is 0.0317 e. The molecule has 1 heteroatoms. The minimum Gasteiger partial charge on any atom is -0.399 e. The number of hydrogen-bond donors (Lipinski definition) is 1. The van der Waals surface area contributed by atoms with Crippen molar-refractivity contribution < 1.29 is 0 Å². The van der Waals surface area contributed by atoms with Crippen molar-refractivity contribution >= 4 is 5.70 Å². The number of rotatable bonds is 1. The Balaban J connectivity index is 3.20. The molecule has 0 unspecified atom stereocenters. The lowest BCUT2D eigenvalue weighted by Gasteiger charge is -2.04. The van der Waals surface area contributed by atoms with Gasteiger partial charge in [-0.2, -0.15) is 0 Å². The van der Waals surface area contributed by atoms with Gasteiger partial charge in [-0.25, -0.2) is 0 Å². The third kappa shape index (κ3) is 1.61. The molecule has 11 heavy (non-hydrogen) atoms. The van der Waals surface area contributed by atoms with Crippen molar-refractivity contribution in [3.63, 3.8) is 0 Å². The van der Waals surface area contributed by atoms with Crippen LogP contribution in [-0.2, 0) is 0 Å². The van der Waals surface area contributed by atoms with Crippen LogP contribution in [0.15, 0.2) is 24.8 Å². The zero-order chi connectivity index (χ0) is 8.43. The number of nitrogens with two attached hydrogens (primary N) is 1. The van der Waals surface area contributed by atoms with Crippen LogP contribution in [0.2, 0.25) is 0 Å². The normalized spacial score (nSPS) is 9.64. The van der Waals surface area contributed by atoms with Crippen molar-refractivity contribution in [1.82, 2.24) is 0 Å². The van der Waals surface area contributed by atoms with Gasteiger partial charge in [0.2, 0.25) is 0 Å². The summed E-state index contributed by atoms with van der Waals surface area (Å²) in [5.74, 6) is 0. The highest BCUT2D eigenvalue weighted by Crippen LogP contribution is 2.14. The summed E-state index contributed by atoms with van der Waals surface area (Å²) in [6.07, 6.45) is 0. The van der Waals surface area contributed by atoms with E-state index in [9.17, 15) is 0 Å². The van der Waals surface area contributed by atoms with Crippen LogP contribution >= 0.6 is 0 Å². The Kier molecular flexibility index (Phi) is 1.99. The molecule has 0 aliphatic carbocycles. The van der Waals surface area contributed by atoms with E-state index in [0.717, 1.165) is 5.56 Å². The van der Waals surface area contributed by atoms with Gasteiger partial charge in [-0.15, -0.1) is 0 Å². The summed E-state index contributed by atoms with van der Waals surface area (Å²) in [5.41, 5.74) is 9.71. The van der Waals surface area contributed by atoms with Gasteiger partial charge in [-0.1, -0.05) is 30.3 Å². The molecule has 1 rings (SSSR count). The minimum atomic E-state index is 0.641. The van der Waals surface area contributed by atoms with Crippen LogP contribution in [0.5, 0.6) is 0 Å². The van der Waals surface area contributed by atoms with E-state index in [-0.39, 0.29) is 0 Å². The number of aryl methyl sites for hydroxylation is 2. The van der Waals surface area contributed by atoms with Crippen molar-refractivity contribution in [3.8, 4) is 0 Å². The standard InChI is InChI=1S/C10H13N/c1-7-4-5-10(9(3)11)8(2)6-7/h4-6H,3,11H2,1-2H3. The van der Waals surface area contributed by atoms with Crippen molar-refractivity contribution in [1.29, 1.82) is 0 Å². The molecule has 0 amide bonds. The third-order valence-electron chi connectivity index (χ3n) is 1.73. The van der Waals surface area contributed by atoms with Crippen molar-refractivity contribution in [3.05, 3.63) is 41.5 Å². The smallest absolute Gasteiger partial charge is 0.0317 e. The molecule has 0 saturated heterocycles. The second-order valence-corrected chi connectivity index (χ2v) is 2.84. The molecule has 0 spiro atoms. The molecule has 0 aromatic heterocycles. The van der Waals surface area contributed by atoms with Gasteiger partial charge in [0, 0.05) is 5.70 Å². The average molecular weight is 147 g/mol. The fraction of sp³-hybridized carbons (Fsp3) is 0.200. The van der Waals surface area contributed by atoms with Crippen LogP contribution in [0.1, 0.15) is 16.7 Å². The first kappa shape index (κ1) is 7.86. The summed E-state index contributed by atoms with van der Waals surface area (Å²) in [6, 6.07) is 6.15. The summed E-state index contributed by atoms with van der Waals surface area (Å²) < 4.78 is 0. The predicted molar refractivity (Wildman–Crippen MR) is 49.1 cm³/mol. The molecular weight excluding hydrogens is 134 g/mol. The van der Waals surface area contributed by atoms with E-state index < -0.39 is 0 Å². The Hall–Kier alpha value is -1.24. The number of benzene rings is 1. The zero-order valence-corrected chi connectivity index (χ0v) is 7.02. The van der Waals surface area contributed by atoms with Gasteiger partial charge in [0.15, 0.2) is 0 Å². The van der Waals surface area contributed by atoms with Gasteiger partial charge in [-0.3, -0.25) is 0 Å². The van der Waals surface area contributed by atoms with Crippen LogP contribution < -0.4 is 5.73 Å². The van der Waals surface area contributed by atoms with E-state index in [1.165, 1.54) is 11.1 Å². The van der Waals surface area contributed by atoms with Gasteiger partial charge < -0.3 is 5.73 Å². The lowest BCUT2D eigenvalue weighted by Crippen LogP contribution is -1.96. The van der Waals surface area contributed by atoms with Crippen molar-refractivity contribution in [2.45, 2.75) is 13.8 Å². The lowest BCUT2D eigenvalue weighted by atomic mass is 10.0. The highest BCUT2D eigenvalue weighted by molar-refractivity contribution is 5.63. The Morgan fingerprint density at radius 3 is 2.45 bits per heavy atom. The summed E-state index contributed by atoms with van der Waals surface area (Å²) >= 11 is 0. The Morgan fingerprint density at radius 1 is 1.36 bits per heavy atom. The zero-order valence-electron chi connectivity index (χ0n) is 7.02. The predicted octanol–water partition coefficient (Wildman–Crippen LogP) is 2.23. The van der Waals surface area contributed by atoms with E-state index in [4.69, 9.17) is 5.73 Å². The molecule has 0 radical (unpaired) electrons. The quantitative estimate of drug-likeness (QED) is 0.647. The SMILES string of the molecule is C=C(N)c1ccc(C)cc1C. The maximum absolute atomic E-state index is 5.57. The van der Waals surface area contributed by atoms with Crippen LogP contribution in [0.25, 0.3) is 5.70 Å². The van der Waals surface area contributed by atoms with Gasteiger partial charge in [0.05, 0.1) is 0 Å². The van der Waals surface area contributed by atoms with Crippen molar-refractivity contribution in [2.24, 2.45) is 5.73 Å². The van der Waals surface area contributed by atoms with Crippen LogP contribution in [0.4, 0.5) is 0 Å². The van der Waals surface area contributed by atoms with E-state index in [0.29, 0.717) is 5.70 Å². The summed E-state index contributed by atoms with van der Waals surface area (Å²) in [6.45, 7) is 7.80. The molecule has 0 fully saturated rings. The van der Waals surface area contributed by atoms with Gasteiger partial charge in [0.25, 0.3) is 0 Å². The van der Waals surface area contributed by atoms with Gasteiger partial charge >= 0.3 is 0 Å². The highest BCUT2D eigenvalue weighted by atomic mass is 14.6. The Bertz CT molecular complexity index is 287. The largest absolute Gasteiger partial charge is 0.399 e. The molecule has 2 N–H and O–H groups in total. The van der Waals surface area contributed by atoms with Crippen molar-refractivity contribution in [2.75, 3.05) is 0 Å². The molecule has 1 aromatic carbocycles. The van der Waals surface area contributed by atoms with E-state index >= 15 is 0 Å².